The molecule has 0 radical (unpaired) electrons. The fraction of sp³-hybridized carbons (Fsp3) is 0.0526. The third kappa shape index (κ3) is 1.99. The molecule has 0 N–H and O–H groups in total. The molecule has 0 atom stereocenters. The van der Waals surface area contributed by atoms with Crippen LogP contribution in [0.3, 0.4) is 0 Å². The lowest BCUT2D eigenvalue weighted by Crippen LogP contribution is -2.00. The zero-order valence-corrected chi connectivity index (χ0v) is 12.3. The van der Waals surface area contributed by atoms with E-state index in [1.165, 1.54) is 0 Å². The summed E-state index contributed by atoms with van der Waals surface area (Å²) in [5.41, 5.74) is 5.20. The zero-order valence-electron chi connectivity index (χ0n) is 12.3. The van der Waals surface area contributed by atoms with Crippen LogP contribution >= 0.6 is 0 Å². The van der Waals surface area contributed by atoms with Crippen LogP contribution in [-0.4, -0.2) is 14.8 Å². The van der Waals surface area contributed by atoms with Gasteiger partial charge in [-0.05, 0) is 25.1 Å². The van der Waals surface area contributed by atoms with E-state index in [1.54, 1.807) is 0 Å². The Kier molecular flexibility index (Phi) is 2.97. The van der Waals surface area contributed by atoms with Crippen molar-refractivity contribution >= 4 is 10.9 Å². The number of nitrogens with zero attached hydrogens (tertiary/aromatic N) is 3. The molecule has 0 spiro atoms. The van der Waals surface area contributed by atoms with Crippen molar-refractivity contribution in [2.45, 2.75) is 6.92 Å². The summed E-state index contributed by atoms with van der Waals surface area (Å²) in [5.74, 6) is 0. The molecule has 3 heteroatoms. The Bertz CT molecular complexity index is 939. The lowest BCUT2D eigenvalue weighted by atomic mass is 10.1. The Morgan fingerprint density at radius 1 is 0.818 bits per heavy atom. The fourth-order valence-corrected chi connectivity index (χ4v) is 2.76. The van der Waals surface area contributed by atoms with Crippen molar-refractivity contribution in [1.82, 2.24) is 14.8 Å². The summed E-state index contributed by atoms with van der Waals surface area (Å²) in [6.07, 6.45) is 1.81. The maximum Gasteiger partial charge on any atom is 0.101 e. The lowest BCUT2D eigenvalue weighted by Gasteiger charge is -2.05. The molecule has 0 unspecified atom stereocenters. The average Bonchev–Trinajstić information content (AvgIpc) is 2.96. The number of pyridine rings is 1. The van der Waals surface area contributed by atoms with Crippen molar-refractivity contribution in [3.8, 4) is 16.9 Å². The molecule has 0 saturated carbocycles. The highest BCUT2D eigenvalue weighted by Gasteiger charge is 2.14. The lowest BCUT2D eigenvalue weighted by molar-refractivity contribution is 0.893. The fourth-order valence-electron chi connectivity index (χ4n) is 2.76. The Hall–Kier alpha value is -2.94. The molecule has 2 aromatic heterocycles. The number of hydrogen-bond donors (Lipinski definition) is 0. The number of rotatable bonds is 2. The zero-order chi connectivity index (χ0) is 14.9. The maximum absolute atomic E-state index is 4.87. The summed E-state index contributed by atoms with van der Waals surface area (Å²) in [5, 5.41) is 6.02. The molecule has 4 aromatic rings. The van der Waals surface area contributed by atoms with Crippen LogP contribution in [0, 0.1) is 6.92 Å². The molecule has 22 heavy (non-hydrogen) atoms. The number of para-hydroxylation sites is 1. The van der Waals surface area contributed by atoms with E-state index in [2.05, 4.69) is 41.4 Å². The summed E-state index contributed by atoms with van der Waals surface area (Å²) >= 11 is 0. The number of aryl methyl sites for hydroxylation is 1. The summed E-state index contributed by atoms with van der Waals surface area (Å²) in [6.45, 7) is 2.01. The second-order valence-electron chi connectivity index (χ2n) is 5.25. The summed E-state index contributed by atoms with van der Waals surface area (Å²) < 4.78 is 1.99. The standard InChI is InChI=1S/C19H15N3/c1-14-17(12-7-13-20-14)22-18-11-6-5-10-16(18)19(21-22)15-8-3-2-4-9-15/h2-13H,1H3. The van der Waals surface area contributed by atoms with Gasteiger partial charge in [0, 0.05) is 17.1 Å². The molecule has 0 aliphatic rings. The van der Waals surface area contributed by atoms with Gasteiger partial charge in [0.1, 0.15) is 5.69 Å². The van der Waals surface area contributed by atoms with E-state index in [1.807, 2.05) is 48.1 Å². The number of fused-ring (bicyclic) bond motifs is 1. The molecule has 0 aliphatic heterocycles. The monoisotopic (exact) mass is 285 g/mol. The van der Waals surface area contributed by atoms with Crippen LogP contribution in [0.4, 0.5) is 0 Å². The summed E-state index contributed by atoms with van der Waals surface area (Å²) in [7, 11) is 0. The van der Waals surface area contributed by atoms with Gasteiger partial charge in [-0.2, -0.15) is 5.10 Å². The molecule has 3 nitrogen and oxygen atoms in total. The van der Waals surface area contributed by atoms with Crippen molar-refractivity contribution in [1.29, 1.82) is 0 Å². The molecule has 2 aromatic carbocycles. The van der Waals surface area contributed by atoms with Gasteiger partial charge in [-0.3, -0.25) is 4.98 Å². The van der Waals surface area contributed by atoms with Crippen LogP contribution in [0.5, 0.6) is 0 Å². The van der Waals surface area contributed by atoms with Crippen LogP contribution in [-0.2, 0) is 0 Å². The number of benzene rings is 2. The second-order valence-corrected chi connectivity index (χ2v) is 5.25. The van der Waals surface area contributed by atoms with Crippen LogP contribution in [0.25, 0.3) is 27.8 Å². The third-order valence-corrected chi connectivity index (χ3v) is 3.84. The van der Waals surface area contributed by atoms with Gasteiger partial charge in [0.15, 0.2) is 0 Å². The predicted molar refractivity (Wildman–Crippen MR) is 89.0 cm³/mol. The Labute approximate surface area is 128 Å². The first kappa shape index (κ1) is 12.8. The minimum Gasteiger partial charge on any atom is -0.259 e. The maximum atomic E-state index is 4.87. The predicted octanol–water partition coefficient (Wildman–Crippen LogP) is 4.40. The molecule has 0 saturated heterocycles. The number of hydrogen-bond acceptors (Lipinski definition) is 2. The first-order valence-corrected chi connectivity index (χ1v) is 7.30. The van der Waals surface area contributed by atoms with Crippen LogP contribution in [0.15, 0.2) is 72.9 Å². The van der Waals surface area contributed by atoms with Gasteiger partial charge in [-0.25, -0.2) is 4.68 Å². The number of aromatic nitrogens is 3. The highest BCUT2D eigenvalue weighted by molar-refractivity contribution is 5.94. The minimum absolute atomic E-state index is 0.968. The van der Waals surface area contributed by atoms with E-state index in [0.29, 0.717) is 0 Å². The summed E-state index contributed by atoms with van der Waals surface area (Å²) in [4.78, 5) is 4.38. The molecule has 2 heterocycles. The van der Waals surface area contributed by atoms with E-state index in [-0.39, 0.29) is 0 Å². The van der Waals surface area contributed by atoms with Crippen molar-refractivity contribution in [3.63, 3.8) is 0 Å². The molecule has 106 valence electrons. The van der Waals surface area contributed by atoms with E-state index < -0.39 is 0 Å². The van der Waals surface area contributed by atoms with Gasteiger partial charge in [-0.15, -0.1) is 0 Å². The molecular weight excluding hydrogens is 270 g/mol. The first-order chi connectivity index (χ1) is 10.8. The molecule has 0 aliphatic carbocycles. The van der Waals surface area contributed by atoms with Crippen molar-refractivity contribution in [2.24, 2.45) is 0 Å². The quantitative estimate of drug-likeness (QED) is 0.546. The highest BCUT2D eigenvalue weighted by Crippen LogP contribution is 2.29. The van der Waals surface area contributed by atoms with Gasteiger partial charge in [0.25, 0.3) is 0 Å². The molecule has 0 bridgehead atoms. The van der Waals surface area contributed by atoms with Crippen LogP contribution in [0.1, 0.15) is 5.69 Å². The van der Waals surface area contributed by atoms with E-state index in [4.69, 9.17) is 5.10 Å². The van der Waals surface area contributed by atoms with Crippen LogP contribution in [0.2, 0.25) is 0 Å². The van der Waals surface area contributed by atoms with Gasteiger partial charge < -0.3 is 0 Å². The normalized spacial score (nSPS) is 11.0. The van der Waals surface area contributed by atoms with Gasteiger partial charge >= 0.3 is 0 Å². The molecule has 4 rings (SSSR count). The van der Waals surface area contributed by atoms with Crippen molar-refractivity contribution in [3.05, 3.63) is 78.6 Å². The van der Waals surface area contributed by atoms with Crippen LogP contribution < -0.4 is 0 Å². The van der Waals surface area contributed by atoms with E-state index in [9.17, 15) is 0 Å². The van der Waals surface area contributed by atoms with E-state index in [0.717, 1.165) is 33.5 Å². The van der Waals surface area contributed by atoms with E-state index >= 15 is 0 Å². The average molecular weight is 285 g/mol. The third-order valence-electron chi connectivity index (χ3n) is 3.84. The molecule has 0 amide bonds. The second kappa shape index (κ2) is 5.11. The van der Waals surface area contributed by atoms with Gasteiger partial charge in [0.05, 0.1) is 16.9 Å². The topological polar surface area (TPSA) is 30.7 Å². The SMILES string of the molecule is Cc1ncccc1-n1nc(-c2ccccc2)c2ccccc21. The largest absolute Gasteiger partial charge is 0.259 e. The Morgan fingerprint density at radius 3 is 2.41 bits per heavy atom. The molecule has 0 fully saturated rings. The van der Waals surface area contributed by atoms with Gasteiger partial charge in [0.2, 0.25) is 0 Å². The Balaban J connectivity index is 2.04. The van der Waals surface area contributed by atoms with Crippen molar-refractivity contribution < 1.29 is 0 Å². The molecular formula is C19H15N3. The highest BCUT2D eigenvalue weighted by atomic mass is 15.3. The van der Waals surface area contributed by atoms with Gasteiger partial charge in [-0.1, -0.05) is 48.5 Å². The first-order valence-electron chi connectivity index (χ1n) is 7.30. The smallest absolute Gasteiger partial charge is 0.101 e. The Morgan fingerprint density at radius 2 is 1.59 bits per heavy atom. The summed E-state index contributed by atoms with van der Waals surface area (Å²) in [6, 6.07) is 22.6. The minimum atomic E-state index is 0.968. The van der Waals surface area contributed by atoms with Crippen molar-refractivity contribution in [2.75, 3.05) is 0 Å².